The molecule has 0 N–H and O–H groups in total. The fourth-order valence-electron chi connectivity index (χ4n) is 2.92. The molecule has 1 aromatic carbocycles. The van der Waals surface area contributed by atoms with Gasteiger partial charge in [-0.3, -0.25) is 4.79 Å². The van der Waals surface area contributed by atoms with Crippen LogP contribution in [0.4, 0.5) is 13.2 Å². The lowest BCUT2D eigenvalue weighted by molar-refractivity contribution is -0.137. The molecule has 0 radical (unpaired) electrons. The van der Waals surface area contributed by atoms with Crippen molar-refractivity contribution in [1.82, 2.24) is 4.90 Å². The van der Waals surface area contributed by atoms with Crippen LogP contribution >= 0.6 is 11.6 Å². The van der Waals surface area contributed by atoms with E-state index in [0.717, 1.165) is 18.2 Å². The second-order valence-corrected chi connectivity index (χ2v) is 9.28. The molecule has 25 heavy (non-hydrogen) atoms. The first-order valence-electron chi connectivity index (χ1n) is 7.78. The summed E-state index contributed by atoms with van der Waals surface area (Å²) < 4.78 is 63.2. The maximum absolute atomic E-state index is 13.0. The monoisotopic (exact) mass is 397 g/mol. The number of sulfone groups is 1. The van der Waals surface area contributed by atoms with Gasteiger partial charge in [0, 0.05) is 19.4 Å². The van der Waals surface area contributed by atoms with Crippen molar-refractivity contribution in [2.75, 3.05) is 6.54 Å². The second-order valence-electron chi connectivity index (χ2n) is 6.31. The van der Waals surface area contributed by atoms with Crippen molar-refractivity contribution in [2.45, 2.75) is 54.4 Å². The summed E-state index contributed by atoms with van der Waals surface area (Å²) in [5.41, 5.74) is -1.83. The van der Waals surface area contributed by atoms with Gasteiger partial charge in [0.1, 0.15) is 5.50 Å². The molecule has 0 aromatic heterocycles. The minimum absolute atomic E-state index is 0.0428. The number of hydrogen-bond donors (Lipinski definition) is 0. The average Bonchev–Trinajstić information content (AvgIpc) is 2.53. The summed E-state index contributed by atoms with van der Waals surface area (Å²) in [5, 5.41) is 0. The highest BCUT2D eigenvalue weighted by Crippen LogP contribution is 2.40. The molecule has 0 spiro atoms. The number of rotatable bonds is 3. The lowest BCUT2D eigenvalue weighted by Gasteiger charge is -2.42. The third-order valence-electron chi connectivity index (χ3n) is 4.56. The number of halogens is 4. The number of benzene rings is 1. The van der Waals surface area contributed by atoms with Crippen LogP contribution in [0.1, 0.15) is 38.7 Å². The molecule has 0 saturated carbocycles. The maximum Gasteiger partial charge on any atom is 0.416 e. The van der Waals surface area contributed by atoms with Gasteiger partial charge in [-0.05, 0) is 31.5 Å². The topological polar surface area (TPSA) is 54.5 Å². The molecular formula is C16H19ClF3NO3S. The Morgan fingerprint density at radius 2 is 2.04 bits per heavy atom. The van der Waals surface area contributed by atoms with Crippen molar-refractivity contribution in [3.05, 3.63) is 29.8 Å². The Hall–Kier alpha value is -1.28. The Kier molecular flexibility index (Phi) is 5.45. The van der Waals surface area contributed by atoms with Crippen LogP contribution in [-0.4, -0.2) is 36.0 Å². The van der Waals surface area contributed by atoms with Crippen molar-refractivity contribution in [3.63, 3.8) is 0 Å². The summed E-state index contributed by atoms with van der Waals surface area (Å²) in [7, 11) is -4.06. The van der Waals surface area contributed by atoms with E-state index in [0.29, 0.717) is 6.07 Å². The van der Waals surface area contributed by atoms with Gasteiger partial charge in [-0.2, -0.15) is 13.2 Å². The molecule has 2 rings (SSSR count). The zero-order valence-corrected chi connectivity index (χ0v) is 15.4. The van der Waals surface area contributed by atoms with E-state index in [1.807, 2.05) is 0 Å². The zero-order valence-electron chi connectivity index (χ0n) is 13.8. The van der Waals surface area contributed by atoms with Crippen molar-refractivity contribution >= 4 is 27.3 Å². The molecule has 1 amide bonds. The largest absolute Gasteiger partial charge is 0.416 e. The van der Waals surface area contributed by atoms with E-state index in [2.05, 4.69) is 0 Å². The van der Waals surface area contributed by atoms with Gasteiger partial charge in [0.05, 0.1) is 15.2 Å². The van der Waals surface area contributed by atoms with Gasteiger partial charge < -0.3 is 4.90 Å². The van der Waals surface area contributed by atoms with Crippen molar-refractivity contribution in [1.29, 1.82) is 0 Å². The number of hydrogen-bond acceptors (Lipinski definition) is 3. The highest BCUT2D eigenvalue weighted by Gasteiger charge is 2.47. The molecule has 0 aliphatic carbocycles. The van der Waals surface area contributed by atoms with Crippen LogP contribution in [0.2, 0.25) is 0 Å². The summed E-state index contributed by atoms with van der Waals surface area (Å²) in [4.78, 5) is 12.9. The number of carbonyl (C=O) groups excluding carboxylic acids is 1. The number of nitrogens with zero attached hydrogens (tertiary/aromatic N) is 1. The standard InChI is InChI=1S/C16H19ClF3NO3S/c1-3-14(22)21-8-7-15(2,10-13(21)17)25(23,24)12-6-4-5-11(9-12)16(18,19)20/h4-6,9,13H,3,7-8,10H2,1-2H3. The molecule has 1 aliphatic heterocycles. The second kappa shape index (κ2) is 6.79. The molecule has 1 aromatic rings. The van der Waals surface area contributed by atoms with Gasteiger partial charge in [-0.25, -0.2) is 8.42 Å². The van der Waals surface area contributed by atoms with E-state index in [4.69, 9.17) is 11.6 Å². The zero-order chi connectivity index (χ0) is 19.0. The molecule has 4 nitrogen and oxygen atoms in total. The summed E-state index contributed by atoms with van der Waals surface area (Å²) in [6, 6.07) is 3.71. The Morgan fingerprint density at radius 1 is 1.40 bits per heavy atom. The minimum atomic E-state index is -4.63. The van der Waals surface area contributed by atoms with Gasteiger partial charge in [-0.15, -0.1) is 0 Å². The first kappa shape index (κ1) is 20.0. The van der Waals surface area contributed by atoms with Crippen LogP contribution in [-0.2, 0) is 20.8 Å². The highest BCUT2D eigenvalue weighted by molar-refractivity contribution is 7.92. The van der Waals surface area contributed by atoms with Crippen molar-refractivity contribution in [2.24, 2.45) is 0 Å². The van der Waals surface area contributed by atoms with Crippen LogP contribution in [0.3, 0.4) is 0 Å². The van der Waals surface area contributed by atoms with Gasteiger partial charge >= 0.3 is 6.18 Å². The molecule has 2 unspecified atom stereocenters. The summed E-state index contributed by atoms with van der Waals surface area (Å²) in [6.45, 7) is 3.29. The van der Waals surface area contributed by atoms with Crippen LogP contribution in [0.5, 0.6) is 0 Å². The lowest BCUT2D eigenvalue weighted by Crippen LogP contribution is -2.52. The Labute approximate surface area is 149 Å². The Balaban J connectivity index is 2.36. The Bertz CT molecular complexity index is 766. The quantitative estimate of drug-likeness (QED) is 0.575. The third-order valence-corrected chi connectivity index (χ3v) is 7.50. The van der Waals surface area contributed by atoms with Crippen molar-refractivity contribution < 1.29 is 26.4 Å². The lowest BCUT2D eigenvalue weighted by atomic mass is 9.97. The minimum Gasteiger partial charge on any atom is -0.326 e. The van der Waals surface area contributed by atoms with Gasteiger partial charge in [0.2, 0.25) is 5.91 Å². The smallest absolute Gasteiger partial charge is 0.326 e. The van der Waals surface area contributed by atoms with Crippen LogP contribution < -0.4 is 0 Å². The van der Waals surface area contributed by atoms with E-state index < -0.39 is 31.8 Å². The first-order chi connectivity index (χ1) is 11.4. The predicted molar refractivity (Wildman–Crippen MR) is 87.9 cm³/mol. The molecule has 1 heterocycles. The number of amides is 1. The number of likely N-dealkylation sites (tertiary alicyclic amines) is 1. The maximum atomic E-state index is 13.0. The summed E-state index contributed by atoms with van der Waals surface area (Å²) in [6.07, 6.45) is -4.31. The van der Waals surface area contributed by atoms with E-state index in [9.17, 15) is 26.4 Å². The summed E-state index contributed by atoms with van der Waals surface area (Å²) in [5.74, 6) is -0.182. The van der Waals surface area contributed by atoms with E-state index in [1.54, 1.807) is 6.92 Å². The highest BCUT2D eigenvalue weighted by atomic mass is 35.5. The number of piperidine rings is 1. The average molecular weight is 398 g/mol. The molecule has 1 saturated heterocycles. The third kappa shape index (κ3) is 3.79. The molecule has 2 atom stereocenters. The molecule has 1 aliphatic rings. The SMILES string of the molecule is CCC(=O)N1CCC(C)(S(=O)(=O)c2cccc(C(F)(F)F)c2)CC1Cl. The van der Waals surface area contributed by atoms with Crippen LogP contribution in [0.25, 0.3) is 0 Å². The fraction of sp³-hybridized carbons (Fsp3) is 0.562. The van der Waals surface area contributed by atoms with E-state index >= 15 is 0 Å². The van der Waals surface area contributed by atoms with Crippen molar-refractivity contribution in [3.8, 4) is 0 Å². The van der Waals surface area contributed by atoms with Gasteiger partial charge in [0.15, 0.2) is 9.84 Å². The predicted octanol–water partition coefficient (Wildman–Crippen LogP) is 3.84. The molecule has 140 valence electrons. The molecular weight excluding hydrogens is 379 g/mol. The molecule has 1 fully saturated rings. The molecule has 9 heteroatoms. The van der Waals surface area contributed by atoms with E-state index in [1.165, 1.54) is 11.8 Å². The van der Waals surface area contributed by atoms with Gasteiger partial charge in [-0.1, -0.05) is 24.6 Å². The first-order valence-corrected chi connectivity index (χ1v) is 9.70. The van der Waals surface area contributed by atoms with E-state index in [-0.39, 0.29) is 36.6 Å². The van der Waals surface area contributed by atoms with Crippen LogP contribution in [0, 0.1) is 0 Å². The van der Waals surface area contributed by atoms with Crippen LogP contribution in [0.15, 0.2) is 29.2 Å². The Morgan fingerprint density at radius 3 is 2.56 bits per heavy atom. The number of alkyl halides is 4. The van der Waals surface area contributed by atoms with Gasteiger partial charge in [0.25, 0.3) is 0 Å². The molecule has 0 bridgehead atoms. The number of carbonyl (C=O) groups is 1. The summed E-state index contributed by atoms with van der Waals surface area (Å²) >= 11 is 6.20. The normalized spacial score (nSPS) is 25.0. The fourth-order valence-corrected chi connectivity index (χ4v) is 5.40.